The second-order valence-electron chi connectivity index (χ2n) is 3.44. The fourth-order valence-corrected chi connectivity index (χ4v) is 2.17. The van der Waals surface area contributed by atoms with Crippen LogP contribution in [-0.2, 0) is 0 Å². The first-order valence-corrected chi connectivity index (χ1v) is 6.20. The van der Waals surface area contributed by atoms with Gasteiger partial charge in [-0.3, -0.25) is 4.79 Å². The Morgan fingerprint density at radius 2 is 2.27 bits per heavy atom. The zero-order valence-corrected chi connectivity index (χ0v) is 10.1. The maximum absolute atomic E-state index is 12.0. The van der Waals surface area contributed by atoms with Crippen LogP contribution in [0.1, 0.15) is 36.4 Å². The molecule has 4 heteroatoms. The van der Waals surface area contributed by atoms with Gasteiger partial charge in [0.05, 0.1) is 5.69 Å². The van der Waals surface area contributed by atoms with Crippen molar-refractivity contribution >= 4 is 22.9 Å². The van der Waals surface area contributed by atoms with Crippen LogP contribution in [0.4, 0.5) is 5.69 Å². The highest BCUT2D eigenvalue weighted by atomic mass is 32.1. The van der Waals surface area contributed by atoms with Crippen LogP contribution in [0.5, 0.6) is 0 Å². The molecule has 0 fully saturated rings. The minimum absolute atomic E-state index is 0.0680. The summed E-state index contributed by atoms with van der Waals surface area (Å²) in [5.41, 5.74) is 6.32. The number of rotatable bonds is 5. The summed E-state index contributed by atoms with van der Waals surface area (Å²) in [7, 11) is 0. The number of anilines is 1. The lowest BCUT2D eigenvalue weighted by atomic mass is 10.3. The molecule has 0 saturated heterocycles. The normalized spacial score (nSPS) is 10.3. The van der Waals surface area contributed by atoms with Crippen molar-refractivity contribution in [1.82, 2.24) is 4.90 Å². The minimum Gasteiger partial charge on any atom is -0.397 e. The van der Waals surface area contributed by atoms with Crippen LogP contribution in [0, 0.1) is 0 Å². The Kier molecular flexibility index (Phi) is 4.62. The molecule has 0 saturated carbocycles. The third-order valence-corrected chi connectivity index (χ3v) is 3.26. The number of nitrogens with zero attached hydrogens (tertiary/aromatic N) is 1. The Bertz CT molecular complexity index is 322. The molecule has 84 valence electrons. The SMILES string of the molecule is CCCCN(CC)C(=O)c1sccc1N. The quantitative estimate of drug-likeness (QED) is 0.838. The van der Waals surface area contributed by atoms with Crippen LogP contribution in [0.15, 0.2) is 11.4 Å². The average molecular weight is 226 g/mol. The Morgan fingerprint density at radius 3 is 2.73 bits per heavy atom. The van der Waals surface area contributed by atoms with Gasteiger partial charge in [0.1, 0.15) is 4.88 Å². The molecule has 0 aliphatic rings. The van der Waals surface area contributed by atoms with Gasteiger partial charge < -0.3 is 10.6 Å². The number of hydrogen-bond donors (Lipinski definition) is 1. The van der Waals surface area contributed by atoms with Crippen LogP contribution in [0.25, 0.3) is 0 Å². The number of amides is 1. The smallest absolute Gasteiger partial charge is 0.266 e. The average Bonchev–Trinajstić information content (AvgIpc) is 2.65. The Balaban J connectivity index is 2.69. The van der Waals surface area contributed by atoms with E-state index in [1.54, 1.807) is 6.07 Å². The zero-order valence-electron chi connectivity index (χ0n) is 9.32. The molecule has 0 spiro atoms. The second-order valence-corrected chi connectivity index (χ2v) is 4.36. The van der Waals surface area contributed by atoms with E-state index in [4.69, 9.17) is 5.73 Å². The van der Waals surface area contributed by atoms with Gasteiger partial charge in [0, 0.05) is 13.1 Å². The van der Waals surface area contributed by atoms with Crippen molar-refractivity contribution in [2.45, 2.75) is 26.7 Å². The van der Waals surface area contributed by atoms with Crippen LogP contribution in [0.2, 0.25) is 0 Å². The van der Waals surface area contributed by atoms with Gasteiger partial charge >= 0.3 is 0 Å². The number of nitrogens with two attached hydrogens (primary N) is 1. The molecule has 0 unspecified atom stereocenters. The summed E-state index contributed by atoms with van der Waals surface area (Å²) >= 11 is 1.42. The fraction of sp³-hybridized carbons (Fsp3) is 0.545. The van der Waals surface area contributed by atoms with Crippen LogP contribution in [-0.4, -0.2) is 23.9 Å². The van der Waals surface area contributed by atoms with E-state index in [2.05, 4.69) is 6.92 Å². The van der Waals surface area contributed by atoms with Crippen LogP contribution in [0.3, 0.4) is 0 Å². The van der Waals surface area contributed by atoms with Crippen molar-refractivity contribution in [2.24, 2.45) is 0 Å². The summed E-state index contributed by atoms with van der Waals surface area (Å²) in [5.74, 6) is 0.0680. The molecule has 1 aromatic heterocycles. The Hall–Kier alpha value is -1.03. The molecule has 0 aliphatic carbocycles. The molecular formula is C11H18N2OS. The summed E-state index contributed by atoms with van der Waals surface area (Å²) in [6.07, 6.45) is 2.15. The molecule has 1 rings (SSSR count). The van der Waals surface area contributed by atoms with E-state index >= 15 is 0 Å². The molecule has 3 nitrogen and oxygen atoms in total. The highest BCUT2D eigenvalue weighted by molar-refractivity contribution is 7.12. The van der Waals surface area contributed by atoms with Crippen molar-refractivity contribution in [3.63, 3.8) is 0 Å². The lowest BCUT2D eigenvalue weighted by molar-refractivity contribution is 0.0768. The van der Waals surface area contributed by atoms with Gasteiger partial charge in [-0.2, -0.15) is 0 Å². The number of carbonyl (C=O) groups excluding carboxylic acids is 1. The standard InChI is InChI=1S/C11H18N2OS/c1-3-5-7-13(4-2)11(14)10-9(12)6-8-15-10/h6,8H,3-5,7,12H2,1-2H3. The van der Waals surface area contributed by atoms with E-state index in [1.165, 1.54) is 11.3 Å². The second kappa shape index (κ2) is 5.75. The van der Waals surface area contributed by atoms with Crippen molar-refractivity contribution in [1.29, 1.82) is 0 Å². The molecule has 2 N–H and O–H groups in total. The molecule has 0 radical (unpaired) electrons. The number of hydrogen-bond acceptors (Lipinski definition) is 3. The van der Waals surface area contributed by atoms with Gasteiger partial charge in [0.2, 0.25) is 0 Å². The van der Waals surface area contributed by atoms with E-state index in [1.807, 2.05) is 17.2 Å². The molecule has 15 heavy (non-hydrogen) atoms. The van der Waals surface area contributed by atoms with E-state index in [0.29, 0.717) is 10.6 Å². The maximum atomic E-state index is 12.0. The van der Waals surface area contributed by atoms with Crippen LogP contribution >= 0.6 is 11.3 Å². The molecule has 1 aromatic rings. The van der Waals surface area contributed by atoms with E-state index in [0.717, 1.165) is 25.9 Å². The summed E-state index contributed by atoms with van der Waals surface area (Å²) in [6.45, 7) is 5.69. The van der Waals surface area contributed by atoms with Gasteiger partial charge in [-0.05, 0) is 24.8 Å². The molecule has 0 aliphatic heterocycles. The van der Waals surface area contributed by atoms with Gasteiger partial charge in [0.15, 0.2) is 0 Å². The largest absolute Gasteiger partial charge is 0.397 e. The van der Waals surface area contributed by atoms with Crippen molar-refractivity contribution in [3.05, 3.63) is 16.3 Å². The predicted molar refractivity (Wildman–Crippen MR) is 65.2 cm³/mol. The van der Waals surface area contributed by atoms with Crippen molar-refractivity contribution < 1.29 is 4.79 Å². The van der Waals surface area contributed by atoms with Crippen molar-refractivity contribution in [3.8, 4) is 0 Å². The van der Waals surface area contributed by atoms with Gasteiger partial charge in [0.25, 0.3) is 5.91 Å². The molecule has 1 heterocycles. The van der Waals surface area contributed by atoms with Gasteiger partial charge in [-0.1, -0.05) is 13.3 Å². The Morgan fingerprint density at radius 1 is 1.53 bits per heavy atom. The number of nitrogen functional groups attached to an aromatic ring is 1. The zero-order chi connectivity index (χ0) is 11.3. The third kappa shape index (κ3) is 2.96. The Labute approximate surface area is 94.9 Å². The monoisotopic (exact) mass is 226 g/mol. The number of thiophene rings is 1. The summed E-state index contributed by atoms with van der Waals surface area (Å²) in [4.78, 5) is 14.5. The summed E-state index contributed by atoms with van der Waals surface area (Å²) in [6, 6.07) is 1.78. The first-order valence-electron chi connectivity index (χ1n) is 5.32. The molecule has 1 amide bonds. The molecule has 0 aromatic carbocycles. The lowest BCUT2D eigenvalue weighted by Gasteiger charge is -2.20. The van der Waals surface area contributed by atoms with Crippen molar-refractivity contribution in [2.75, 3.05) is 18.8 Å². The highest BCUT2D eigenvalue weighted by Gasteiger charge is 2.17. The molecule has 0 bridgehead atoms. The molecule has 0 atom stereocenters. The van der Waals surface area contributed by atoms with E-state index in [9.17, 15) is 4.79 Å². The lowest BCUT2D eigenvalue weighted by Crippen LogP contribution is -2.31. The minimum atomic E-state index is 0.0680. The van der Waals surface area contributed by atoms with E-state index in [-0.39, 0.29) is 5.91 Å². The third-order valence-electron chi connectivity index (χ3n) is 2.34. The summed E-state index contributed by atoms with van der Waals surface area (Å²) < 4.78 is 0. The highest BCUT2D eigenvalue weighted by Crippen LogP contribution is 2.20. The van der Waals surface area contributed by atoms with Gasteiger partial charge in [-0.15, -0.1) is 11.3 Å². The first kappa shape index (κ1) is 12.0. The van der Waals surface area contributed by atoms with Crippen LogP contribution < -0.4 is 5.73 Å². The fourth-order valence-electron chi connectivity index (χ4n) is 1.39. The van der Waals surface area contributed by atoms with Gasteiger partial charge in [-0.25, -0.2) is 0 Å². The number of carbonyl (C=O) groups is 1. The predicted octanol–water partition coefficient (Wildman–Crippen LogP) is 2.59. The first-order chi connectivity index (χ1) is 7.20. The van der Waals surface area contributed by atoms with E-state index < -0.39 is 0 Å². The number of unbranched alkanes of at least 4 members (excludes halogenated alkanes) is 1. The topological polar surface area (TPSA) is 46.3 Å². The summed E-state index contributed by atoms with van der Waals surface area (Å²) in [5, 5.41) is 1.86. The maximum Gasteiger partial charge on any atom is 0.266 e. The molecular weight excluding hydrogens is 208 g/mol.